The maximum absolute atomic E-state index is 6.10. The van der Waals surface area contributed by atoms with Crippen LogP contribution in [0.4, 0.5) is 5.69 Å². The third-order valence-electron chi connectivity index (χ3n) is 2.75. The van der Waals surface area contributed by atoms with Gasteiger partial charge < -0.3 is 5.01 Å². The van der Waals surface area contributed by atoms with Gasteiger partial charge in [-0.25, -0.2) is 5.84 Å². The van der Waals surface area contributed by atoms with Gasteiger partial charge in [0, 0.05) is 0 Å². The van der Waals surface area contributed by atoms with Crippen molar-refractivity contribution < 1.29 is 0 Å². The second kappa shape index (κ2) is 4.81. The SMILES string of the molecule is CC(c1ccccc1)N(N)c1ccccc1. The number of hydrazine groups is 1. The van der Waals surface area contributed by atoms with Crippen molar-refractivity contribution in [3.05, 3.63) is 66.2 Å². The van der Waals surface area contributed by atoms with E-state index in [0.29, 0.717) is 0 Å². The molecule has 0 fully saturated rings. The fraction of sp³-hybridized carbons (Fsp3) is 0.143. The molecule has 0 aliphatic rings. The van der Waals surface area contributed by atoms with E-state index in [2.05, 4.69) is 19.1 Å². The number of para-hydroxylation sites is 1. The average Bonchev–Trinajstić information content (AvgIpc) is 2.39. The van der Waals surface area contributed by atoms with Crippen molar-refractivity contribution in [1.82, 2.24) is 0 Å². The van der Waals surface area contributed by atoms with Gasteiger partial charge in [-0.3, -0.25) is 0 Å². The monoisotopic (exact) mass is 212 g/mol. The smallest absolute Gasteiger partial charge is 0.0673 e. The van der Waals surface area contributed by atoms with E-state index in [1.807, 2.05) is 48.5 Å². The van der Waals surface area contributed by atoms with Gasteiger partial charge >= 0.3 is 0 Å². The molecular formula is C14H16N2. The Kier molecular flexibility index (Phi) is 3.22. The molecule has 2 rings (SSSR count). The van der Waals surface area contributed by atoms with Crippen LogP contribution >= 0.6 is 0 Å². The van der Waals surface area contributed by atoms with Gasteiger partial charge in [0.1, 0.15) is 0 Å². The number of nitrogens with two attached hydrogens (primary N) is 1. The van der Waals surface area contributed by atoms with Crippen LogP contribution in [-0.2, 0) is 0 Å². The maximum Gasteiger partial charge on any atom is 0.0673 e. The van der Waals surface area contributed by atoms with Gasteiger partial charge in [-0.2, -0.15) is 0 Å². The average molecular weight is 212 g/mol. The molecule has 2 aromatic rings. The number of benzene rings is 2. The van der Waals surface area contributed by atoms with E-state index in [9.17, 15) is 0 Å². The summed E-state index contributed by atoms with van der Waals surface area (Å²) in [5, 5.41) is 1.79. The molecule has 0 spiro atoms. The van der Waals surface area contributed by atoms with Crippen LogP contribution in [0.1, 0.15) is 18.5 Å². The molecule has 1 atom stereocenters. The Hall–Kier alpha value is -1.80. The molecule has 2 nitrogen and oxygen atoms in total. The molecule has 2 heteroatoms. The number of rotatable bonds is 3. The van der Waals surface area contributed by atoms with Crippen LogP contribution in [-0.4, -0.2) is 0 Å². The summed E-state index contributed by atoms with van der Waals surface area (Å²) in [7, 11) is 0. The van der Waals surface area contributed by atoms with Crippen LogP contribution in [0, 0.1) is 0 Å². The summed E-state index contributed by atoms with van der Waals surface area (Å²) in [6.45, 7) is 2.10. The first-order valence-corrected chi connectivity index (χ1v) is 5.43. The van der Waals surface area contributed by atoms with Crippen LogP contribution in [0.2, 0.25) is 0 Å². The van der Waals surface area contributed by atoms with Gasteiger partial charge in [-0.05, 0) is 24.6 Å². The Morgan fingerprint density at radius 2 is 1.38 bits per heavy atom. The first-order chi connectivity index (χ1) is 7.79. The molecule has 2 N–H and O–H groups in total. The van der Waals surface area contributed by atoms with E-state index in [1.165, 1.54) is 5.56 Å². The zero-order chi connectivity index (χ0) is 11.4. The lowest BCUT2D eigenvalue weighted by atomic mass is 10.1. The number of hydrogen-bond donors (Lipinski definition) is 1. The number of nitrogens with zero attached hydrogens (tertiary/aromatic N) is 1. The molecule has 1 unspecified atom stereocenters. The fourth-order valence-electron chi connectivity index (χ4n) is 1.72. The Morgan fingerprint density at radius 1 is 0.875 bits per heavy atom. The quantitative estimate of drug-likeness (QED) is 0.625. The molecule has 0 bridgehead atoms. The third kappa shape index (κ3) is 2.23. The highest BCUT2D eigenvalue weighted by molar-refractivity contribution is 5.46. The number of hydrogen-bond acceptors (Lipinski definition) is 2. The lowest BCUT2D eigenvalue weighted by Crippen LogP contribution is -2.33. The molecule has 0 saturated carbocycles. The van der Waals surface area contributed by atoms with E-state index in [-0.39, 0.29) is 6.04 Å². The normalized spacial score (nSPS) is 12.1. The Balaban J connectivity index is 2.20. The van der Waals surface area contributed by atoms with Crippen LogP contribution < -0.4 is 10.9 Å². The summed E-state index contributed by atoms with van der Waals surface area (Å²) in [6, 6.07) is 20.4. The summed E-state index contributed by atoms with van der Waals surface area (Å²) >= 11 is 0. The van der Waals surface area contributed by atoms with Gasteiger partial charge in [0.15, 0.2) is 0 Å². The number of anilines is 1. The van der Waals surface area contributed by atoms with Crippen LogP contribution in [0.15, 0.2) is 60.7 Å². The molecule has 16 heavy (non-hydrogen) atoms. The van der Waals surface area contributed by atoms with Gasteiger partial charge in [-0.1, -0.05) is 48.5 Å². The minimum absolute atomic E-state index is 0.170. The van der Waals surface area contributed by atoms with E-state index in [0.717, 1.165) is 5.69 Å². The van der Waals surface area contributed by atoms with Gasteiger partial charge in [-0.15, -0.1) is 0 Å². The van der Waals surface area contributed by atoms with Crippen molar-refractivity contribution in [2.75, 3.05) is 5.01 Å². The van der Waals surface area contributed by atoms with E-state index in [4.69, 9.17) is 5.84 Å². The summed E-state index contributed by atoms with van der Waals surface area (Å²) in [6.07, 6.45) is 0. The lowest BCUT2D eigenvalue weighted by molar-refractivity contribution is 0.697. The molecule has 0 saturated heterocycles. The Labute approximate surface area is 96.3 Å². The summed E-state index contributed by atoms with van der Waals surface area (Å²) in [4.78, 5) is 0. The van der Waals surface area contributed by atoms with Crippen molar-refractivity contribution in [1.29, 1.82) is 0 Å². The van der Waals surface area contributed by atoms with Crippen molar-refractivity contribution in [3.63, 3.8) is 0 Å². The Morgan fingerprint density at radius 3 is 1.94 bits per heavy atom. The molecule has 0 aliphatic heterocycles. The summed E-state index contributed by atoms with van der Waals surface area (Å²) in [5.41, 5.74) is 2.24. The second-order valence-electron chi connectivity index (χ2n) is 3.83. The molecule has 2 aromatic carbocycles. The second-order valence-corrected chi connectivity index (χ2v) is 3.83. The Bertz CT molecular complexity index is 382. The summed E-state index contributed by atoms with van der Waals surface area (Å²) in [5.74, 6) is 6.10. The predicted octanol–water partition coefficient (Wildman–Crippen LogP) is 3.13. The molecular weight excluding hydrogens is 196 g/mol. The van der Waals surface area contributed by atoms with Crippen molar-refractivity contribution in [3.8, 4) is 0 Å². The zero-order valence-corrected chi connectivity index (χ0v) is 9.38. The largest absolute Gasteiger partial charge is 0.304 e. The van der Waals surface area contributed by atoms with Crippen LogP contribution in [0.25, 0.3) is 0 Å². The zero-order valence-electron chi connectivity index (χ0n) is 9.38. The first-order valence-electron chi connectivity index (χ1n) is 5.43. The highest BCUT2D eigenvalue weighted by Gasteiger charge is 2.11. The van der Waals surface area contributed by atoms with Gasteiger partial charge in [0.05, 0.1) is 11.7 Å². The molecule has 0 amide bonds. The molecule has 0 aliphatic carbocycles. The van der Waals surface area contributed by atoms with Crippen molar-refractivity contribution in [2.45, 2.75) is 13.0 Å². The standard InChI is InChI=1S/C14H16N2/c1-12(13-8-4-2-5-9-13)16(15)14-10-6-3-7-11-14/h2-12H,15H2,1H3. The van der Waals surface area contributed by atoms with E-state index < -0.39 is 0 Å². The van der Waals surface area contributed by atoms with Gasteiger partial charge in [0.2, 0.25) is 0 Å². The van der Waals surface area contributed by atoms with E-state index in [1.54, 1.807) is 5.01 Å². The predicted molar refractivity (Wildman–Crippen MR) is 68.0 cm³/mol. The van der Waals surface area contributed by atoms with Crippen molar-refractivity contribution >= 4 is 5.69 Å². The topological polar surface area (TPSA) is 29.3 Å². The van der Waals surface area contributed by atoms with E-state index >= 15 is 0 Å². The maximum atomic E-state index is 6.10. The molecule has 82 valence electrons. The fourth-order valence-corrected chi connectivity index (χ4v) is 1.72. The van der Waals surface area contributed by atoms with Gasteiger partial charge in [0.25, 0.3) is 0 Å². The van der Waals surface area contributed by atoms with Crippen molar-refractivity contribution in [2.24, 2.45) is 5.84 Å². The first kappa shape index (κ1) is 10.7. The highest BCUT2D eigenvalue weighted by atomic mass is 15.4. The molecule has 0 heterocycles. The van der Waals surface area contributed by atoms with Crippen LogP contribution in [0.5, 0.6) is 0 Å². The minimum atomic E-state index is 0.170. The molecule has 0 aromatic heterocycles. The summed E-state index contributed by atoms with van der Waals surface area (Å²) < 4.78 is 0. The minimum Gasteiger partial charge on any atom is -0.304 e. The molecule has 0 radical (unpaired) electrons. The third-order valence-corrected chi connectivity index (χ3v) is 2.75. The van der Waals surface area contributed by atoms with Crippen LogP contribution in [0.3, 0.4) is 0 Å². The highest BCUT2D eigenvalue weighted by Crippen LogP contribution is 2.22. The lowest BCUT2D eigenvalue weighted by Gasteiger charge is -2.26.